The average Bonchev–Trinajstić information content (AvgIpc) is 2.02. The Kier molecular flexibility index (Phi) is 2.44. The van der Waals surface area contributed by atoms with Crippen LogP contribution in [-0.4, -0.2) is 25.2 Å². The minimum Gasteiger partial charge on any atom is -0.495 e. The molecule has 0 aromatic carbocycles. The Morgan fingerprint density at radius 3 is 2.91 bits per heavy atom. The van der Waals surface area contributed by atoms with Crippen LogP contribution in [0.1, 0.15) is 6.92 Å². The van der Waals surface area contributed by atoms with Gasteiger partial charge in [-0.1, -0.05) is 6.08 Å². The summed E-state index contributed by atoms with van der Waals surface area (Å²) in [4.78, 5) is 0. The maximum Gasteiger partial charge on any atom is 0.277 e. The van der Waals surface area contributed by atoms with E-state index in [0.29, 0.717) is 0 Å². The van der Waals surface area contributed by atoms with E-state index in [1.807, 2.05) is 0 Å². The van der Waals surface area contributed by atoms with Gasteiger partial charge in [0.15, 0.2) is 6.17 Å². The third-order valence-corrected chi connectivity index (χ3v) is 1.45. The molecular weight excluding hydrogens is 154 g/mol. The van der Waals surface area contributed by atoms with Crippen molar-refractivity contribution in [1.29, 1.82) is 0 Å². The van der Waals surface area contributed by atoms with Crippen LogP contribution in [-0.2, 0) is 9.47 Å². The van der Waals surface area contributed by atoms with Crippen LogP contribution in [0.5, 0.6) is 0 Å². The average molecular weight is 164 g/mol. The van der Waals surface area contributed by atoms with Gasteiger partial charge in [-0.15, -0.1) is 0 Å². The fraction of sp³-hybridized carbons (Fsp3) is 0.714. The molecule has 0 aromatic rings. The number of allylic oxidation sites excluding steroid dienone is 1. The molecule has 0 aromatic heterocycles. The Hall–Kier alpha value is -0.640. The van der Waals surface area contributed by atoms with Crippen molar-refractivity contribution >= 4 is 0 Å². The van der Waals surface area contributed by atoms with E-state index >= 15 is 0 Å². The van der Waals surface area contributed by atoms with Gasteiger partial charge in [0.1, 0.15) is 6.61 Å². The first-order valence-corrected chi connectivity index (χ1v) is 3.39. The lowest BCUT2D eigenvalue weighted by Crippen LogP contribution is -2.55. The third-order valence-electron chi connectivity index (χ3n) is 1.45. The summed E-state index contributed by atoms with van der Waals surface area (Å²) >= 11 is 0. The topological polar surface area (TPSA) is 18.5 Å². The SMILES string of the molecule is CC=COCC1(F)OCC1F. The van der Waals surface area contributed by atoms with Gasteiger partial charge in [0.25, 0.3) is 5.85 Å². The van der Waals surface area contributed by atoms with Crippen molar-refractivity contribution in [2.24, 2.45) is 0 Å². The Morgan fingerprint density at radius 2 is 2.55 bits per heavy atom. The van der Waals surface area contributed by atoms with Crippen LogP contribution >= 0.6 is 0 Å². The molecule has 2 unspecified atom stereocenters. The standard InChI is InChI=1S/C7H10F2O2/c1-2-3-10-5-7(9)6(8)4-11-7/h2-3,6H,4-5H2,1H3. The van der Waals surface area contributed by atoms with Gasteiger partial charge in [-0.25, -0.2) is 8.78 Å². The summed E-state index contributed by atoms with van der Waals surface area (Å²) in [6, 6.07) is 0. The Labute approximate surface area is 63.8 Å². The van der Waals surface area contributed by atoms with E-state index in [1.165, 1.54) is 6.26 Å². The quantitative estimate of drug-likeness (QED) is 0.589. The zero-order chi connectivity index (χ0) is 8.32. The van der Waals surface area contributed by atoms with Gasteiger partial charge in [-0.05, 0) is 6.92 Å². The van der Waals surface area contributed by atoms with Crippen LogP contribution in [0, 0.1) is 0 Å². The minimum atomic E-state index is -2.21. The van der Waals surface area contributed by atoms with Gasteiger partial charge in [0, 0.05) is 0 Å². The summed E-state index contributed by atoms with van der Waals surface area (Å²) in [6.45, 7) is 1.17. The summed E-state index contributed by atoms with van der Waals surface area (Å²) in [7, 11) is 0. The van der Waals surface area contributed by atoms with Crippen LogP contribution in [0.4, 0.5) is 8.78 Å². The molecule has 1 rings (SSSR count). The maximum atomic E-state index is 12.9. The third kappa shape index (κ3) is 1.68. The van der Waals surface area contributed by atoms with Gasteiger partial charge in [-0.2, -0.15) is 0 Å². The maximum absolute atomic E-state index is 12.9. The summed E-state index contributed by atoms with van der Waals surface area (Å²) in [5.41, 5.74) is 0. The molecule has 0 radical (unpaired) electrons. The second kappa shape index (κ2) is 3.17. The van der Waals surface area contributed by atoms with Crippen LogP contribution in [0.2, 0.25) is 0 Å². The number of alkyl halides is 2. The normalized spacial score (nSPS) is 37.2. The second-order valence-corrected chi connectivity index (χ2v) is 2.35. The number of ether oxygens (including phenoxy) is 2. The van der Waals surface area contributed by atoms with Crippen molar-refractivity contribution in [3.8, 4) is 0 Å². The molecule has 1 saturated heterocycles. The molecule has 1 heterocycles. The predicted molar refractivity (Wildman–Crippen MR) is 35.5 cm³/mol. The molecule has 11 heavy (non-hydrogen) atoms. The smallest absolute Gasteiger partial charge is 0.277 e. The Balaban J connectivity index is 2.24. The lowest BCUT2D eigenvalue weighted by molar-refractivity contribution is -0.298. The summed E-state index contributed by atoms with van der Waals surface area (Å²) in [6.07, 6.45) is 1.35. The van der Waals surface area contributed by atoms with Crippen molar-refractivity contribution < 1.29 is 18.3 Å². The molecule has 0 saturated carbocycles. The van der Waals surface area contributed by atoms with E-state index < -0.39 is 12.0 Å². The summed E-state index contributed by atoms with van der Waals surface area (Å²) in [5.74, 6) is -2.21. The van der Waals surface area contributed by atoms with E-state index in [-0.39, 0.29) is 13.2 Å². The second-order valence-electron chi connectivity index (χ2n) is 2.35. The summed E-state index contributed by atoms with van der Waals surface area (Å²) in [5, 5.41) is 0. The molecular formula is C7H10F2O2. The van der Waals surface area contributed by atoms with E-state index in [9.17, 15) is 8.78 Å². The van der Waals surface area contributed by atoms with E-state index in [1.54, 1.807) is 13.0 Å². The van der Waals surface area contributed by atoms with Crippen molar-refractivity contribution in [3.05, 3.63) is 12.3 Å². The molecule has 64 valence electrons. The van der Waals surface area contributed by atoms with Gasteiger partial charge >= 0.3 is 0 Å². The fourth-order valence-corrected chi connectivity index (χ4v) is 0.717. The van der Waals surface area contributed by atoms with Crippen molar-refractivity contribution in [1.82, 2.24) is 0 Å². The van der Waals surface area contributed by atoms with Gasteiger partial charge in [0.2, 0.25) is 0 Å². The lowest BCUT2D eigenvalue weighted by Gasteiger charge is -2.36. The molecule has 2 nitrogen and oxygen atoms in total. The molecule has 0 amide bonds. The first-order chi connectivity index (χ1) is 5.19. The minimum absolute atomic E-state index is 0.171. The van der Waals surface area contributed by atoms with E-state index in [0.717, 1.165) is 0 Å². The van der Waals surface area contributed by atoms with Crippen molar-refractivity contribution in [2.45, 2.75) is 19.0 Å². The summed E-state index contributed by atoms with van der Waals surface area (Å²) < 4.78 is 34.3. The highest BCUT2D eigenvalue weighted by Crippen LogP contribution is 2.31. The monoisotopic (exact) mass is 164 g/mol. The highest BCUT2D eigenvalue weighted by Gasteiger charge is 2.51. The molecule has 1 fully saturated rings. The number of hydrogen-bond acceptors (Lipinski definition) is 2. The Bertz CT molecular complexity index is 161. The highest BCUT2D eigenvalue weighted by atomic mass is 19.2. The molecule has 2 atom stereocenters. The van der Waals surface area contributed by atoms with Crippen LogP contribution in [0.25, 0.3) is 0 Å². The molecule has 1 aliphatic heterocycles. The van der Waals surface area contributed by atoms with Crippen molar-refractivity contribution in [3.63, 3.8) is 0 Å². The molecule has 1 aliphatic rings. The number of halogens is 2. The Morgan fingerprint density at radius 1 is 1.82 bits per heavy atom. The predicted octanol–water partition coefficient (Wildman–Crippen LogP) is 1.57. The number of rotatable bonds is 3. The molecule has 0 aliphatic carbocycles. The zero-order valence-corrected chi connectivity index (χ0v) is 6.22. The fourth-order valence-electron chi connectivity index (χ4n) is 0.717. The van der Waals surface area contributed by atoms with Gasteiger partial charge < -0.3 is 9.47 Å². The van der Waals surface area contributed by atoms with Crippen LogP contribution in [0.15, 0.2) is 12.3 Å². The van der Waals surface area contributed by atoms with Gasteiger partial charge in [0.05, 0.1) is 12.9 Å². The van der Waals surface area contributed by atoms with Crippen molar-refractivity contribution in [2.75, 3.05) is 13.2 Å². The van der Waals surface area contributed by atoms with E-state index in [2.05, 4.69) is 9.47 Å². The number of hydrogen-bond donors (Lipinski definition) is 0. The largest absolute Gasteiger partial charge is 0.495 e. The first-order valence-electron chi connectivity index (χ1n) is 3.39. The lowest BCUT2D eigenvalue weighted by atomic mass is 10.1. The highest BCUT2D eigenvalue weighted by molar-refractivity contribution is 4.87. The zero-order valence-electron chi connectivity index (χ0n) is 6.22. The van der Waals surface area contributed by atoms with Crippen LogP contribution in [0.3, 0.4) is 0 Å². The van der Waals surface area contributed by atoms with Crippen LogP contribution < -0.4 is 0 Å². The molecule has 0 spiro atoms. The molecule has 0 N–H and O–H groups in total. The molecule has 4 heteroatoms. The first kappa shape index (κ1) is 8.46. The molecule has 0 bridgehead atoms. The van der Waals surface area contributed by atoms with E-state index in [4.69, 9.17) is 0 Å². The van der Waals surface area contributed by atoms with Gasteiger partial charge in [-0.3, -0.25) is 0 Å².